The molecule has 0 unspecified atom stereocenters. The summed E-state index contributed by atoms with van der Waals surface area (Å²) in [6.45, 7) is 29.7. The van der Waals surface area contributed by atoms with Crippen molar-refractivity contribution in [1.29, 1.82) is 0 Å². The first-order valence-electron chi connectivity index (χ1n) is 12.6. The standard InChI is InChI=1S/C29H48O4Si2/c1-19-15-21(23(29(9,10)31)17-25(19)32-34(11,12)27(3,4)5)22-16-20(2)26(18-24(22)30)33-35(13,14)28(6,7)8/h15-18,30-31H,1-14H3. The lowest BCUT2D eigenvalue weighted by molar-refractivity contribution is 0.0790. The van der Waals surface area contributed by atoms with Crippen LogP contribution in [-0.2, 0) is 5.60 Å². The van der Waals surface area contributed by atoms with Gasteiger partial charge in [0.25, 0.3) is 0 Å². The smallest absolute Gasteiger partial charge is 0.250 e. The van der Waals surface area contributed by atoms with E-state index in [1.165, 1.54) is 0 Å². The monoisotopic (exact) mass is 516 g/mol. The van der Waals surface area contributed by atoms with Gasteiger partial charge >= 0.3 is 0 Å². The van der Waals surface area contributed by atoms with Gasteiger partial charge in [-0.25, -0.2) is 0 Å². The van der Waals surface area contributed by atoms with Gasteiger partial charge in [-0.1, -0.05) is 41.5 Å². The van der Waals surface area contributed by atoms with E-state index in [0.717, 1.165) is 33.8 Å². The zero-order valence-corrected chi connectivity index (χ0v) is 26.5. The molecule has 4 nitrogen and oxygen atoms in total. The molecule has 0 heterocycles. The molecule has 2 aromatic carbocycles. The van der Waals surface area contributed by atoms with Gasteiger partial charge in [-0.2, -0.15) is 0 Å². The Morgan fingerprint density at radius 1 is 0.629 bits per heavy atom. The second-order valence-electron chi connectivity index (χ2n) is 13.6. The summed E-state index contributed by atoms with van der Waals surface area (Å²) in [6, 6.07) is 7.68. The third-order valence-corrected chi connectivity index (χ3v) is 16.6. The van der Waals surface area contributed by atoms with Crippen molar-refractivity contribution in [2.75, 3.05) is 0 Å². The van der Waals surface area contributed by atoms with Crippen LogP contribution in [0, 0.1) is 13.8 Å². The highest BCUT2D eigenvalue weighted by Crippen LogP contribution is 2.45. The van der Waals surface area contributed by atoms with Crippen molar-refractivity contribution in [2.24, 2.45) is 0 Å². The molecule has 2 rings (SSSR count). The number of aryl methyl sites for hydroxylation is 2. The van der Waals surface area contributed by atoms with Gasteiger partial charge in [0.05, 0.1) is 5.60 Å². The van der Waals surface area contributed by atoms with Crippen molar-refractivity contribution in [3.05, 3.63) is 41.0 Å². The minimum Gasteiger partial charge on any atom is -0.543 e. The number of hydrogen-bond acceptors (Lipinski definition) is 4. The highest BCUT2D eigenvalue weighted by molar-refractivity contribution is 6.75. The van der Waals surface area contributed by atoms with E-state index >= 15 is 0 Å². The summed E-state index contributed by atoms with van der Waals surface area (Å²) in [6.07, 6.45) is 0. The van der Waals surface area contributed by atoms with Crippen molar-refractivity contribution in [3.63, 3.8) is 0 Å². The van der Waals surface area contributed by atoms with Crippen LogP contribution in [0.15, 0.2) is 24.3 Å². The van der Waals surface area contributed by atoms with E-state index in [4.69, 9.17) is 8.85 Å². The van der Waals surface area contributed by atoms with Crippen LogP contribution in [0.5, 0.6) is 17.2 Å². The molecule has 6 heteroatoms. The van der Waals surface area contributed by atoms with E-state index in [2.05, 4.69) is 67.7 Å². The molecule has 0 fully saturated rings. The second kappa shape index (κ2) is 9.27. The number of phenols is 1. The molecule has 2 aromatic rings. The number of aromatic hydroxyl groups is 1. The van der Waals surface area contributed by atoms with Crippen LogP contribution in [0.1, 0.15) is 72.1 Å². The molecule has 0 aromatic heterocycles. The SMILES string of the molecule is Cc1cc(-c2cc(C)c(O[Si](C)(C)C(C)(C)C)cc2C(C)(C)O)c(O)cc1O[Si](C)(C)C(C)(C)C. The Balaban J connectivity index is 2.66. The van der Waals surface area contributed by atoms with E-state index in [-0.39, 0.29) is 15.8 Å². The fourth-order valence-corrected chi connectivity index (χ4v) is 5.54. The van der Waals surface area contributed by atoms with Crippen molar-refractivity contribution in [2.45, 2.75) is 111 Å². The molecule has 0 aliphatic heterocycles. The predicted octanol–water partition coefficient (Wildman–Crippen LogP) is 8.67. The molecule has 0 aliphatic rings. The van der Waals surface area contributed by atoms with Crippen LogP contribution in [0.25, 0.3) is 11.1 Å². The average molecular weight is 517 g/mol. The molecule has 0 saturated heterocycles. The van der Waals surface area contributed by atoms with Crippen LogP contribution in [0.3, 0.4) is 0 Å². The molecule has 0 saturated carbocycles. The normalized spacial score (nSPS) is 13.7. The molecule has 0 radical (unpaired) electrons. The van der Waals surface area contributed by atoms with Gasteiger partial charge in [0.15, 0.2) is 0 Å². The summed E-state index contributed by atoms with van der Waals surface area (Å²) in [5.41, 5.74) is 3.04. The van der Waals surface area contributed by atoms with Gasteiger partial charge < -0.3 is 19.1 Å². The Hall–Kier alpha value is -1.77. The lowest BCUT2D eigenvalue weighted by atomic mass is 9.87. The highest BCUT2D eigenvalue weighted by Gasteiger charge is 2.40. The Morgan fingerprint density at radius 3 is 1.37 bits per heavy atom. The summed E-state index contributed by atoms with van der Waals surface area (Å²) in [7, 11) is -4.12. The Labute approximate surface area is 216 Å². The third kappa shape index (κ3) is 6.33. The quantitative estimate of drug-likeness (QED) is 0.377. The Kier molecular flexibility index (Phi) is 7.81. The van der Waals surface area contributed by atoms with Gasteiger partial charge in [0, 0.05) is 11.6 Å². The molecule has 196 valence electrons. The lowest BCUT2D eigenvalue weighted by Gasteiger charge is -2.37. The van der Waals surface area contributed by atoms with Crippen molar-refractivity contribution in [1.82, 2.24) is 0 Å². The fourth-order valence-electron chi connectivity index (χ4n) is 3.39. The van der Waals surface area contributed by atoms with Crippen molar-refractivity contribution >= 4 is 16.6 Å². The van der Waals surface area contributed by atoms with E-state index < -0.39 is 22.2 Å². The van der Waals surface area contributed by atoms with E-state index in [0.29, 0.717) is 5.56 Å². The van der Waals surface area contributed by atoms with E-state index in [1.54, 1.807) is 19.9 Å². The van der Waals surface area contributed by atoms with Crippen LogP contribution in [-0.4, -0.2) is 26.8 Å². The maximum Gasteiger partial charge on any atom is 0.250 e. The largest absolute Gasteiger partial charge is 0.543 e. The van der Waals surface area contributed by atoms with Crippen molar-refractivity contribution in [3.8, 4) is 28.4 Å². The topological polar surface area (TPSA) is 58.9 Å². The summed E-state index contributed by atoms with van der Waals surface area (Å²) in [5, 5.41) is 22.4. The summed E-state index contributed by atoms with van der Waals surface area (Å²) >= 11 is 0. The maximum atomic E-state index is 11.1. The molecule has 0 amide bonds. The van der Waals surface area contributed by atoms with Gasteiger partial charge in [0.1, 0.15) is 17.2 Å². The Bertz CT molecular complexity index is 1080. The second-order valence-corrected chi connectivity index (χ2v) is 23.0. The highest BCUT2D eigenvalue weighted by atomic mass is 28.4. The van der Waals surface area contributed by atoms with Gasteiger partial charge in [-0.3, -0.25) is 0 Å². The first-order valence-corrected chi connectivity index (χ1v) is 18.4. The molecule has 0 spiro atoms. The van der Waals surface area contributed by atoms with Gasteiger partial charge in [-0.15, -0.1) is 0 Å². The summed E-state index contributed by atoms with van der Waals surface area (Å²) < 4.78 is 13.1. The number of phenolic OH excluding ortho intramolecular Hbond substituents is 1. The summed E-state index contributed by atoms with van der Waals surface area (Å²) in [5.74, 6) is 1.66. The molecule has 0 atom stereocenters. The minimum atomic E-state index is -2.07. The average Bonchev–Trinajstić information content (AvgIpc) is 2.62. The maximum absolute atomic E-state index is 11.1. The first kappa shape index (κ1) is 29.5. The number of aliphatic hydroxyl groups is 1. The molecule has 2 N–H and O–H groups in total. The number of benzene rings is 2. The minimum absolute atomic E-state index is 0.0545. The third-order valence-electron chi connectivity index (χ3n) is 7.90. The van der Waals surface area contributed by atoms with Crippen LogP contribution in [0.2, 0.25) is 36.3 Å². The molecular weight excluding hydrogens is 468 g/mol. The molecule has 35 heavy (non-hydrogen) atoms. The van der Waals surface area contributed by atoms with E-state index in [1.807, 2.05) is 32.0 Å². The van der Waals surface area contributed by atoms with Gasteiger partial charge in [-0.05, 0) is 104 Å². The van der Waals surface area contributed by atoms with Crippen molar-refractivity contribution < 1.29 is 19.1 Å². The molecular formula is C29H48O4Si2. The van der Waals surface area contributed by atoms with Crippen LogP contribution in [0.4, 0.5) is 0 Å². The molecule has 0 bridgehead atoms. The van der Waals surface area contributed by atoms with E-state index in [9.17, 15) is 10.2 Å². The van der Waals surface area contributed by atoms with Gasteiger partial charge in [0.2, 0.25) is 16.6 Å². The first-order chi connectivity index (χ1) is 15.5. The zero-order chi connectivity index (χ0) is 27.4. The zero-order valence-electron chi connectivity index (χ0n) is 24.5. The van der Waals surface area contributed by atoms with Crippen LogP contribution < -0.4 is 8.85 Å². The predicted molar refractivity (Wildman–Crippen MR) is 154 cm³/mol. The molecule has 0 aliphatic carbocycles. The fraction of sp³-hybridized carbons (Fsp3) is 0.586. The number of hydrogen-bond donors (Lipinski definition) is 2. The lowest BCUT2D eigenvalue weighted by Crippen LogP contribution is -2.44. The summed E-state index contributed by atoms with van der Waals surface area (Å²) in [4.78, 5) is 0. The van der Waals surface area contributed by atoms with Crippen LogP contribution >= 0.6 is 0 Å². The Morgan fingerprint density at radius 2 is 1.00 bits per heavy atom. The number of rotatable bonds is 6.